The third-order valence-corrected chi connectivity index (χ3v) is 3.96. The van der Waals surface area contributed by atoms with Gasteiger partial charge in [0, 0.05) is 25.7 Å². The molecular weight excluding hydrogens is 311 g/mol. The first kappa shape index (κ1) is 15.7. The highest BCUT2D eigenvalue weighted by atomic mass is 19.4. The van der Waals surface area contributed by atoms with E-state index in [9.17, 15) is 18.0 Å². The molecule has 1 aromatic carbocycles. The number of aryl methyl sites for hydroxylation is 1. The number of aromatic nitrogens is 1. The predicted octanol–water partition coefficient (Wildman–Crippen LogP) is 2.45. The summed E-state index contributed by atoms with van der Waals surface area (Å²) in [5.74, 6) is 0.435. The SMILES string of the molecule is Cc1cc(C2CN(c3cc(=O)[nH]o3)CCN2)ccc1C(F)(F)F. The van der Waals surface area contributed by atoms with E-state index < -0.39 is 11.7 Å². The van der Waals surface area contributed by atoms with Gasteiger partial charge in [-0.2, -0.15) is 18.3 Å². The van der Waals surface area contributed by atoms with Gasteiger partial charge in [0.2, 0.25) is 5.88 Å². The van der Waals surface area contributed by atoms with Crippen LogP contribution in [0.5, 0.6) is 0 Å². The summed E-state index contributed by atoms with van der Waals surface area (Å²) >= 11 is 0. The zero-order valence-corrected chi connectivity index (χ0v) is 12.4. The van der Waals surface area contributed by atoms with Crippen molar-refractivity contribution in [2.45, 2.75) is 19.1 Å². The highest BCUT2D eigenvalue weighted by molar-refractivity contribution is 5.38. The Hall–Kier alpha value is -2.22. The molecule has 0 spiro atoms. The highest BCUT2D eigenvalue weighted by Crippen LogP contribution is 2.33. The molecule has 23 heavy (non-hydrogen) atoms. The van der Waals surface area contributed by atoms with Crippen LogP contribution < -0.4 is 15.8 Å². The second kappa shape index (κ2) is 5.77. The molecule has 1 unspecified atom stereocenters. The summed E-state index contributed by atoms with van der Waals surface area (Å²) in [4.78, 5) is 13.0. The maximum absolute atomic E-state index is 12.8. The number of hydrogen-bond donors (Lipinski definition) is 2. The van der Waals surface area contributed by atoms with E-state index in [1.54, 1.807) is 6.07 Å². The number of nitrogens with zero attached hydrogens (tertiary/aromatic N) is 1. The van der Waals surface area contributed by atoms with Crippen LogP contribution in [0.2, 0.25) is 0 Å². The van der Waals surface area contributed by atoms with Gasteiger partial charge in [0.25, 0.3) is 5.56 Å². The minimum Gasteiger partial charge on any atom is -0.361 e. The lowest BCUT2D eigenvalue weighted by Crippen LogP contribution is -2.45. The number of anilines is 1. The zero-order chi connectivity index (χ0) is 16.6. The molecule has 1 saturated heterocycles. The summed E-state index contributed by atoms with van der Waals surface area (Å²) in [6, 6.07) is 5.38. The van der Waals surface area contributed by atoms with E-state index >= 15 is 0 Å². The molecule has 5 nitrogen and oxygen atoms in total. The topological polar surface area (TPSA) is 61.3 Å². The Kier molecular flexibility index (Phi) is 3.93. The van der Waals surface area contributed by atoms with Crippen LogP contribution in [0.3, 0.4) is 0 Å². The van der Waals surface area contributed by atoms with E-state index in [1.807, 2.05) is 4.90 Å². The molecule has 1 aliphatic rings. The largest absolute Gasteiger partial charge is 0.416 e. The van der Waals surface area contributed by atoms with E-state index in [2.05, 4.69) is 10.5 Å². The van der Waals surface area contributed by atoms with Crippen molar-refractivity contribution in [3.63, 3.8) is 0 Å². The molecule has 0 amide bonds. The van der Waals surface area contributed by atoms with Gasteiger partial charge in [0.1, 0.15) is 0 Å². The van der Waals surface area contributed by atoms with E-state index in [1.165, 1.54) is 19.1 Å². The molecule has 0 saturated carbocycles. The first-order chi connectivity index (χ1) is 10.8. The molecule has 2 N–H and O–H groups in total. The normalized spacial score (nSPS) is 19.1. The van der Waals surface area contributed by atoms with Crippen LogP contribution in [0.4, 0.5) is 19.1 Å². The smallest absolute Gasteiger partial charge is 0.361 e. The molecule has 0 radical (unpaired) electrons. The van der Waals surface area contributed by atoms with Crippen molar-refractivity contribution in [1.82, 2.24) is 10.5 Å². The number of halogens is 3. The van der Waals surface area contributed by atoms with Gasteiger partial charge in [-0.05, 0) is 24.1 Å². The summed E-state index contributed by atoms with van der Waals surface area (Å²) in [6.45, 7) is 3.25. The van der Waals surface area contributed by atoms with E-state index in [0.29, 0.717) is 25.5 Å². The Morgan fingerprint density at radius 2 is 2.09 bits per heavy atom. The van der Waals surface area contributed by atoms with Gasteiger partial charge in [-0.1, -0.05) is 12.1 Å². The monoisotopic (exact) mass is 327 g/mol. The molecule has 1 aliphatic heterocycles. The average molecular weight is 327 g/mol. The molecule has 2 aromatic rings. The highest BCUT2D eigenvalue weighted by Gasteiger charge is 2.33. The van der Waals surface area contributed by atoms with Gasteiger partial charge in [-0.25, -0.2) is 0 Å². The van der Waals surface area contributed by atoms with Crippen LogP contribution in [0, 0.1) is 6.92 Å². The summed E-state index contributed by atoms with van der Waals surface area (Å²) in [5.41, 5.74) is 0.0335. The van der Waals surface area contributed by atoms with Crippen LogP contribution in [0.1, 0.15) is 22.7 Å². The van der Waals surface area contributed by atoms with Crippen molar-refractivity contribution in [2.24, 2.45) is 0 Å². The van der Waals surface area contributed by atoms with E-state index in [0.717, 1.165) is 11.6 Å². The summed E-state index contributed by atoms with van der Waals surface area (Å²) < 4.78 is 43.6. The molecular formula is C15H16F3N3O2. The zero-order valence-electron chi connectivity index (χ0n) is 12.4. The van der Waals surface area contributed by atoms with E-state index in [4.69, 9.17) is 4.52 Å². The maximum Gasteiger partial charge on any atom is 0.416 e. The fraction of sp³-hybridized carbons (Fsp3) is 0.400. The van der Waals surface area contributed by atoms with Crippen LogP contribution in [-0.4, -0.2) is 24.8 Å². The standard InChI is InChI=1S/C15H16F3N3O2/c1-9-6-10(2-3-11(9)15(16,17)18)12-8-21(5-4-19-12)14-7-13(22)20-23-14/h2-3,6-7,12,19H,4-5,8H2,1H3,(H,20,22). The molecule has 0 aliphatic carbocycles. The number of aromatic amines is 1. The Morgan fingerprint density at radius 3 is 2.70 bits per heavy atom. The van der Waals surface area contributed by atoms with Crippen molar-refractivity contribution in [3.05, 3.63) is 51.3 Å². The van der Waals surface area contributed by atoms with Crippen molar-refractivity contribution in [2.75, 3.05) is 24.5 Å². The van der Waals surface area contributed by atoms with Crippen LogP contribution in [0.15, 0.2) is 33.6 Å². The number of benzene rings is 1. The van der Waals surface area contributed by atoms with Gasteiger partial charge in [0.05, 0.1) is 11.6 Å². The molecule has 124 valence electrons. The van der Waals surface area contributed by atoms with Crippen molar-refractivity contribution < 1.29 is 17.7 Å². The Morgan fingerprint density at radius 1 is 1.30 bits per heavy atom. The maximum atomic E-state index is 12.8. The third-order valence-electron chi connectivity index (χ3n) is 3.96. The molecule has 1 atom stereocenters. The summed E-state index contributed by atoms with van der Waals surface area (Å²) in [6.07, 6.45) is -4.34. The number of H-pyrrole nitrogens is 1. The van der Waals surface area contributed by atoms with Crippen LogP contribution in [0.25, 0.3) is 0 Å². The summed E-state index contributed by atoms with van der Waals surface area (Å²) in [5, 5.41) is 5.51. The second-order valence-electron chi connectivity index (χ2n) is 5.58. The number of rotatable bonds is 2. The minimum absolute atomic E-state index is 0.134. The Bertz CT molecular complexity index is 751. The Balaban J connectivity index is 1.81. The molecule has 2 heterocycles. The van der Waals surface area contributed by atoms with Gasteiger partial charge in [-0.15, -0.1) is 0 Å². The van der Waals surface area contributed by atoms with Gasteiger partial charge < -0.3 is 14.7 Å². The lowest BCUT2D eigenvalue weighted by molar-refractivity contribution is -0.138. The number of alkyl halides is 3. The fourth-order valence-electron chi connectivity index (χ4n) is 2.82. The number of piperazine rings is 1. The van der Waals surface area contributed by atoms with Gasteiger partial charge in [0.15, 0.2) is 0 Å². The van der Waals surface area contributed by atoms with Crippen LogP contribution >= 0.6 is 0 Å². The fourth-order valence-corrected chi connectivity index (χ4v) is 2.82. The molecule has 1 fully saturated rings. The minimum atomic E-state index is -4.34. The summed E-state index contributed by atoms with van der Waals surface area (Å²) in [7, 11) is 0. The van der Waals surface area contributed by atoms with E-state index in [-0.39, 0.29) is 17.2 Å². The lowest BCUT2D eigenvalue weighted by Gasteiger charge is -2.33. The van der Waals surface area contributed by atoms with Crippen molar-refractivity contribution >= 4 is 5.88 Å². The second-order valence-corrected chi connectivity index (χ2v) is 5.58. The molecule has 3 rings (SSSR count). The van der Waals surface area contributed by atoms with Gasteiger partial charge >= 0.3 is 6.18 Å². The quantitative estimate of drug-likeness (QED) is 0.889. The third kappa shape index (κ3) is 3.26. The predicted molar refractivity (Wildman–Crippen MR) is 78.5 cm³/mol. The first-order valence-electron chi connectivity index (χ1n) is 7.19. The molecule has 1 aromatic heterocycles. The lowest BCUT2D eigenvalue weighted by atomic mass is 9.98. The molecule has 0 bridgehead atoms. The first-order valence-corrected chi connectivity index (χ1v) is 7.19. The number of nitrogens with one attached hydrogen (secondary N) is 2. The van der Waals surface area contributed by atoms with Crippen molar-refractivity contribution in [3.8, 4) is 0 Å². The van der Waals surface area contributed by atoms with Crippen LogP contribution in [-0.2, 0) is 6.18 Å². The van der Waals surface area contributed by atoms with Crippen molar-refractivity contribution in [1.29, 1.82) is 0 Å². The molecule has 8 heteroatoms. The average Bonchev–Trinajstić information content (AvgIpc) is 2.92. The number of hydrogen-bond acceptors (Lipinski definition) is 4. The van der Waals surface area contributed by atoms with Gasteiger partial charge in [-0.3, -0.25) is 4.79 Å². The Labute approximate surface area is 130 Å².